The smallest absolute Gasteiger partial charge is 0.309 e. The highest BCUT2D eigenvalue weighted by molar-refractivity contribution is 8.01. The summed E-state index contributed by atoms with van der Waals surface area (Å²) < 4.78 is 15.1. The molecule has 58 heavy (non-hydrogen) atoms. The number of allylic oxidation sites excluding steroid dienone is 6. The van der Waals surface area contributed by atoms with Crippen LogP contribution in [0.15, 0.2) is 41.6 Å². The second-order valence-electron chi connectivity index (χ2n) is 14.5. The maximum atomic E-state index is 11.0. The van der Waals surface area contributed by atoms with Gasteiger partial charge in [-0.1, -0.05) is 92.0 Å². The Bertz CT molecular complexity index is 1330. The molecule has 0 aromatic heterocycles. The average Bonchev–Trinajstić information content (AvgIpc) is 3.81. The van der Waals surface area contributed by atoms with E-state index in [1.54, 1.807) is 20.8 Å². The quantitative estimate of drug-likeness (QED) is 0.0301. The second-order valence-corrected chi connectivity index (χ2v) is 15.9. The van der Waals surface area contributed by atoms with Crippen LogP contribution in [0.3, 0.4) is 0 Å². The van der Waals surface area contributed by atoms with Crippen LogP contribution in [0.1, 0.15) is 141 Å². The predicted molar refractivity (Wildman–Crippen MR) is 236 cm³/mol. The molecule has 0 saturated carbocycles. The highest BCUT2D eigenvalue weighted by Gasteiger charge is 2.35. The van der Waals surface area contributed by atoms with E-state index in [2.05, 4.69) is 24.0 Å². The van der Waals surface area contributed by atoms with Gasteiger partial charge in [-0.05, 0) is 100 Å². The zero-order valence-corrected chi connectivity index (χ0v) is 39.2. The Kier molecular flexibility index (Phi) is 37.2. The van der Waals surface area contributed by atoms with Crippen LogP contribution in [0.4, 0.5) is 0 Å². The fourth-order valence-electron chi connectivity index (χ4n) is 4.90. The third kappa shape index (κ3) is 31.5. The van der Waals surface area contributed by atoms with Crippen molar-refractivity contribution in [3.05, 3.63) is 46.9 Å². The molecule has 0 aliphatic carbocycles. The van der Waals surface area contributed by atoms with E-state index in [9.17, 15) is 28.8 Å². The number of esters is 3. The number of Topliss-reactive ketones (excluding diaryl/α,β-unsaturated/α-hetero) is 2. The Morgan fingerprint density at radius 3 is 1.64 bits per heavy atom. The van der Waals surface area contributed by atoms with E-state index < -0.39 is 5.97 Å². The molecule has 14 nitrogen and oxygen atoms in total. The molecule has 3 aliphatic rings. The Morgan fingerprint density at radius 1 is 0.845 bits per heavy atom. The number of carboxylic acids is 1. The van der Waals surface area contributed by atoms with Gasteiger partial charge in [0.15, 0.2) is 0 Å². The molecular formula is C42H74N4O10P2. The highest BCUT2D eigenvalue weighted by Crippen LogP contribution is 2.26. The van der Waals surface area contributed by atoms with Crippen LogP contribution in [-0.2, 0) is 43.0 Å². The maximum Gasteiger partial charge on any atom is 0.309 e. The lowest BCUT2D eigenvalue weighted by molar-refractivity contribution is -0.145. The molecule has 3 rings (SSSR count). The predicted octanol–water partition coefficient (Wildman–Crippen LogP) is 9.82. The number of rotatable bonds is 15. The molecule has 0 amide bonds. The van der Waals surface area contributed by atoms with Crippen LogP contribution in [0, 0.1) is 23.7 Å². The Labute approximate surface area is 352 Å². The largest absolute Gasteiger partial charge is 0.481 e. The molecular weight excluding hydrogens is 782 g/mol. The zero-order chi connectivity index (χ0) is 45.2. The van der Waals surface area contributed by atoms with Gasteiger partial charge in [0.25, 0.3) is 0 Å². The summed E-state index contributed by atoms with van der Waals surface area (Å²) in [6.45, 7) is 22.5. The standard InChI is InChI=1S/C8H14O.C7H11N3O2.C7H15NO2P2.C7H12O2.C7H12O.C6H10O2/c1-4-5-6-7(2)8(3)9;1-4-3-6(12-7(4)11)5(2)9-10-8;1-4-3-6(10-7(4)9)5(2)8-12-11;1-3-6-4-5(2)7(8)9-6;1-3-4-5-6-7(2)8;1-2-3-4-5-6(7)8/h4-5,7H,6H2,1-3H3;4-6H,3H2,1-2H3;4-6,8,12H,3,11H2,1-2H3;5-6H,3-4H2,1-2H3;3-4H,5-6H2,1-2H3;2-3H,4-5H2,1H3,(H,7,8)/b5-4+;;;;4-3+;3-2+/t7-;2*4-,5?,6?;5-,6-;;/m1111../s1. The van der Waals surface area contributed by atoms with E-state index in [0.717, 1.165) is 32.1 Å². The summed E-state index contributed by atoms with van der Waals surface area (Å²) in [5.41, 5.74) is 8.15. The van der Waals surface area contributed by atoms with Crippen LogP contribution in [0.2, 0.25) is 0 Å². The van der Waals surface area contributed by atoms with Gasteiger partial charge in [0, 0.05) is 29.7 Å². The highest BCUT2D eigenvalue weighted by atomic mass is 32.0. The van der Waals surface area contributed by atoms with Gasteiger partial charge in [-0.15, -0.1) is 0 Å². The SMILES string of the molecule is C/C=C/CCC(=O)O.C/C=C/CCC(C)=O.C/C=C/C[C@@H](C)C(C)=O.CC(N=[N+]=[N-])C1C[C@@H](C)C(=O)O1.CC(NPP)C1C[C@@H](C)C(=O)O1.CC[C@@H]1C[C@@H](C)C(=O)O1. The van der Waals surface area contributed by atoms with E-state index in [1.807, 2.05) is 98.8 Å². The van der Waals surface area contributed by atoms with Crippen LogP contribution in [0.5, 0.6) is 0 Å². The number of carbonyl (C=O) groups is 6. The molecule has 16 heteroatoms. The lowest BCUT2D eigenvalue weighted by Crippen LogP contribution is -2.31. The van der Waals surface area contributed by atoms with Gasteiger partial charge in [-0.2, -0.15) is 0 Å². The molecule has 11 atom stereocenters. The third-order valence-electron chi connectivity index (χ3n) is 8.99. The zero-order valence-electron chi connectivity index (χ0n) is 37.1. The van der Waals surface area contributed by atoms with Crippen molar-refractivity contribution < 1.29 is 48.1 Å². The first-order valence-corrected chi connectivity index (χ1v) is 23.0. The van der Waals surface area contributed by atoms with Crippen molar-refractivity contribution in [3.8, 4) is 0 Å². The van der Waals surface area contributed by atoms with Crippen molar-refractivity contribution in [2.75, 3.05) is 0 Å². The van der Waals surface area contributed by atoms with Gasteiger partial charge in [-0.25, -0.2) is 0 Å². The fraction of sp³-hybridized carbons (Fsp3) is 0.714. The van der Waals surface area contributed by atoms with Gasteiger partial charge in [0.2, 0.25) is 0 Å². The summed E-state index contributed by atoms with van der Waals surface area (Å²) in [7, 11) is 3.25. The fourth-order valence-corrected chi connectivity index (χ4v) is 6.14. The summed E-state index contributed by atoms with van der Waals surface area (Å²) >= 11 is 0. The lowest BCUT2D eigenvalue weighted by Gasteiger charge is -2.17. The number of carboxylic acid groups (broad SMARTS) is 1. The number of hydrogen-bond donors (Lipinski definition) is 2. The van der Waals surface area contributed by atoms with Crippen molar-refractivity contribution >= 4 is 52.8 Å². The van der Waals surface area contributed by atoms with Crippen molar-refractivity contribution in [1.82, 2.24) is 5.09 Å². The number of nitrogens with zero attached hydrogens (tertiary/aromatic N) is 3. The molecule has 0 aromatic carbocycles. The number of ketones is 2. The Balaban J connectivity index is -0.000000632. The summed E-state index contributed by atoms with van der Waals surface area (Å²) in [6.07, 6.45) is 18.4. The molecule has 0 radical (unpaired) electrons. The van der Waals surface area contributed by atoms with Crippen LogP contribution in [-0.4, -0.2) is 70.9 Å². The van der Waals surface area contributed by atoms with E-state index in [0.29, 0.717) is 27.7 Å². The average molecular weight is 857 g/mol. The number of ether oxygens (including phenoxy) is 3. The number of nitrogens with one attached hydrogen (secondary N) is 1. The molecule has 0 aromatic rings. The number of cyclic esters (lactones) is 3. The van der Waals surface area contributed by atoms with Crippen molar-refractivity contribution in [3.63, 3.8) is 0 Å². The molecule has 3 aliphatic heterocycles. The minimum atomic E-state index is -0.733. The normalized spacial score (nSPS) is 23.5. The van der Waals surface area contributed by atoms with Crippen LogP contribution < -0.4 is 5.09 Å². The van der Waals surface area contributed by atoms with E-state index in [-0.39, 0.29) is 90.0 Å². The molecule has 332 valence electrons. The number of carbonyl (C=O) groups excluding carboxylic acids is 5. The first kappa shape index (κ1) is 58.9. The first-order chi connectivity index (χ1) is 27.3. The van der Waals surface area contributed by atoms with Crippen molar-refractivity contribution in [2.24, 2.45) is 28.8 Å². The molecule has 6 unspecified atom stereocenters. The van der Waals surface area contributed by atoms with E-state index in [4.69, 9.17) is 24.8 Å². The first-order valence-electron chi connectivity index (χ1n) is 20.2. The van der Waals surface area contributed by atoms with Crippen LogP contribution >= 0.6 is 17.3 Å². The molecule has 3 saturated heterocycles. The Hall–Kier alpha value is -3.43. The van der Waals surface area contributed by atoms with Gasteiger partial charge in [0.1, 0.15) is 29.9 Å². The number of hydrogen-bond acceptors (Lipinski definition) is 11. The maximum absolute atomic E-state index is 11.0. The monoisotopic (exact) mass is 856 g/mol. The molecule has 3 fully saturated rings. The van der Waals surface area contributed by atoms with E-state index >= 15 is 0 Å². The van der Waals surface area contributed by atoms with Gasteiger partial charge in [0.05, 0.1) is 23.8 Å². The second kappa shape index (κ2) is 36.6. The molecule has 3 heterocycles. The number of azide groups is 1. The minimum absolute atomic E-state index is 0.0261. The Morgan fingerprint density at radius 2 is 1.31 bits per heavy atom. The third-order valence-corrected chi connectivity index (χ3v) is 10.1. The molecule has 0 spiro atoms. The number of aliphatic carboxylic acids is 1. The summed E-state index contributed by atoms with van der Waals surface area (Å²) in [5.74, 6) is -0.128. The van der Waals surface area contributed by atoms with Crippen molar-refractivity contribution in [1.29, 1.82) is 0 Å². The molecule has 2 N–H and O–H groups in total. The van der Waals surface area contributed by atoms with Gasteiger partial charge >= 0.3 is 23.9 Å². The summed E-state index contributed by atoms with van der Waals surface area (Å²) in [6, 6.07) is 0.0126. The molecule has 0 bridgehead atoms. The summed E-state index contributed by atoms with van der Waals surface area (Å²) in [4.78, 5) is 66.1. The topological polar surface area (TPSA) is 211 Å². The lowest BCUT2D eigenvalue weighted by atomic mass is 10.0. The minimum Gasteiger partial charge on any atom is -0.481 e. The van der Waals surface area contributed by atoms with E-state index in [1.165, 1.54) is 0 Å². The van der Waals surface area contributed by atoms with Gasteiger partial charge < -0.3 is 24.1 Å². The van der Waals surface area contributed by atoms with Crippen LogP contribution in [0.25, 0.3) is 10.4 Å². The summed E-state index contributed by atoms with van der Waals surface area (Å²) in [5, 5.41) is 14.8. The van der Waals surface area contributed by atoms with Gasteiger partial charge in [-0.3, -0.25) is 29.1 Å². The van der Waals surface area contributed by atoms with Crippen molar-refractivity contribution in [2.45, 2.75) is 171 Å².